The summed E-state index contributed by atoms with van der Waals surface area (Å²) in [4.78, 5) is 10.9. The number of carboxylic acid groups (broad SMARTS) is 1. The highest BCUT2D eigenvalue weighted by atomic mass is 35.5. The van der Waals surface area contributed by atoms with Crippen LogP contribution >= 0.6 is 11.6 Å². The molecule has 0 spiro atoms. The highest BCUT2D eigenvalue weighted by Crippen LogP contribution is 2.23. The van der Waals surface area contributed by atoms with E-state index in [0.29, 0.717) is 5.02 Å². The molecule has 88 valence electrons. The fourth-order valence-corrected chi connectivity index (χ4v) is 1.93. The van der Waals surface area contributed by atoms with Gasteiger partial charge in [-0.25, -0.2) is 0 Å². The molecule has 0 amide bonds. The SMILES string of the molecule is O=C(O)C[C@@H](c1ccc(Cl)cc1)n1cccc1. The van der Waals surface area contributed by atoms with Crippen LogP contribution in [-0.4, -0.2) is 15.6 Å². The van der Waals surface area contributed by atoms with Crippen LogP contribution in [0.4, 0.5) is 0 Å². The summed E-state index contributed by atoms with van der Waals surface area (Å²) in [7, 11) is 0. The minimum absolute atomic E-state index is 0.0519. The third kappa shape index (κ3) is 2.88. The number of rotatable bonds is 4. The Hall–Kier alpha value is -1.74. The van der Waals surface area contributed by atoms with Crippen LogP contribution < -0.4 is 0 Å². The molecule has 2 aromatic rings. The molecule has 17 heavy (non-hydrogen) atoms. The van der Waals surface area contributed by atoms with Crippen LogP contribution in [0, 0.1) is 0 Å². The molecular weight excluding hydrogens is 238 g/mol. The van der Waals surface area contributed by atoms with Crippen LogP contribution in [0.2, 0.25) is 5.02 Å². The molecule has 0 radical (unpaired) electrons. The first-order valence-electron chi connectivity index (χ1n) is 5.26. The molecule has 1 atom stereocenters. The smallest absolute Gasteiger partial charge is 0.305 e. The average Bonchev–Trinajstić information content (AvgIpc) is 2.80. The molecule has 0 unspecified atom stereocenters. The van der Waals surface area contributed by atoms with Gasteiger partial charge in [0, 0.05) is 17.4 Å². The molecule has 0 fully saturated rings. The van der Waals surface area contributed by atoms with E-state index in [1.54, 1.807) is 12.1 Å². The van der Waals surface area contributed by atoms with E-state index in [4.69, 9.17) is 16.7 Å². The number of nitrogens with zero attached hydrogens (tertiary/aromatic N) is 1. The Kier molecular flexibility index (Phi) is 3.49. The summed E-state index contributed by atoms with van der Waals surface area (Å²) in [5.74, 6) is -0.821. The maximum absolute atomic E-state index is 10.9. The molecule has 0 aliphatic heterocycles. The van der Waals surface area contributed by atoms with Gasteiger partial charge in [0.25, 0.3) is 0 Å². The summed E-state index contributed by atoms with van der Waals surface area (Å²) in [5, 5.41) is 9.61. The fraction of sp³-hybridized carbons (Fsp3) is 0.154. The number of benzene rings is 1. The van der Waals surface area contributed by atoms with Crippen molar-refractivity contribution in [1.82, 2.24) is 4.57 Å². The molecule has 1 heterocycles. The summed E-state index contributed by atoms with van der Waals surface area (Å²) in [6.07, 6.45) is 3.78. The van der Waals surface area contributed by atoms with Crippen molar-refractivity contribution in [2.45, 2.75) is 12.5 Å². The zero-order valence-corrected chi connectivity index (χ0v) is 9.84. The number of carboxylic acids is 1. The Morgan fingerprint density at radius 1 is 1.24 bits per heavy atom. The van der Waals surface area contributed by atoms with Crippen LogP contribution in [0.1, 0.15) is 18.0 Å². The van der Waals surface area contributed by atoms with Gasteiger partial charge in [-0.3, -0.25) is 4.79 Å². The van der Waals surface area contributed by atoms with E-state index < -0.39 is 5.97 Å². The molecule has 0 bridgehead atoms. The number of halogens is 1. The van der Waals surface area contributed by atoms with Crippen molar-refractivity contribution in [3.05, 3.63) is 59.4 Å². The first-order valence-corrected chi connectivity index (χ1v) is 5.64. The number of carbonyl (C=O) groups is 1. The van der Waals surface area contributed by atoms with Gasteiger partial charge in [-0.1, -0.05) is 23.7 Å². The Morgan fingerprint density at radius 2 is 1.82 bits per heavy atom. The van der Waals surface area contributed by atoms with Crippen molar-refractivity contribution in [2.24, 2.45) is 0 Å². The molecular formula is C13H12ClNO2. The molecule has 4 heteroatoms. The van der Waals surface area contributed by atoms with Crippen LogP contribution in [0.25, 0.3) is 0 Å². The lowest BCUT2D eigenvalue weighted by atomic mass is 10.0. The second-order valence-corrected chi connectivity index (χ2v) is 4.23. The van der Waals surface area contributed by atoms with Gasteiger partial charge in [0.05, 0.1) is 12.5 Å². The second kappa shape index (κ2) is 5.06. The summed E-state index contributed by atoms with van der Waals surface area (Å²) in [6.45, 7) is 0. The van der Waals surface area contributed by atoms with Gasteiger partial charge in [0.2, 0.25) is 0 Å². The molecule has 0 saturated carbocycles. The van der Waals surface area contributed by atoms with E-state index in [2.05, 4.69) is 0 Å². The van der Waals surface area contributed by atoms with Gasteiger partial charge in [-0.05, 0) is 29.8 Å². The predicted octanol–water partition coefficient (Wildman–Crippen LogP) is 3.21. The summed E-state index contributed by atoms with van der Waals surface area (Å²) < 4.78 is 1.89. The predicted molar refractivity (Wildman–Crippen MR) is 66.3 cm³/mol. The van der Waals surface area contributed by atoms with Crippen LogP contribution in [-0.2, 0) is 4.79 Å². The van der Waals surface area contributed by atoms with Gasteiger partial charge in [0.15, 0.2) is 0 Å². The molecule has 1 aromatic heterocycles. The van der Waals surface area contributed by atoms with E-state index in [9.17, 15) is 4.79 Å². The zero-order valence-electron chi connectivity index (χ0n) is 9.08. The normalized spacial score (nSPS) is 12.3. The molecule has 2 rings (SSSR count). The maximum Gasteiger partial charge on any atom is 0.305 e. The highest BCUT2D eigenvalue weighted by molar-refractivity contribution is 6.30. The molecule has 3 nitrogen and oxygen atoms in total. The Bertz CT molecular complexity index is 491. The van der Waals surface area contributed by atoms with E-state index in [0.717, 1.165) is 5.56 Å². The van der Waals surface area contributed by atoms with E-state index in [1.807, 2.05) is 41.2 Å². The topological polar surface area (TPSA) is 42.2 Å². The Balaban J connectivity index is 2.33. The monoisotopic (exact) mass is 249 g/mol. The second-order valence-electron chi connectivity index (χ2n) is 3.80. The van der Waals surface area contributed by atoms with Crippen molar-refractivity contribution in [3.63, 3.8) is 0 Å². The molecule has 1 aromatic carbocycles. The number of hydrogen-bond donors (Lipinski definition) is 1. The number of hydrogen-bond acceptors (Lipinski definition) is 1. The quantitative estimate of drug-likeness (QED) is 0.904. The standard InChI is InChI=1S/C13H12ClNO2/c14-11-5-3-10(4-6-11)12(9-13(16)17)15-7-1-2-8-15/h1-8,12H,9H2,(H,16,17)/t12-/m0/s1. The van der Waals surface area contributed by atoms with E-state index >= 15 is 0 Å². The molecule has 0 aliphatic carbocycles. The lowest BCUT2D eigenvalue weighted by Crippen LogP contribution is -2.13. The van der Waals surface area contributed by atoms with Crippen molar-refractivity contribution in [1.29, 1.82) is 0 Å². The van der Waals surface area contributed by atoms with Crippen LogP contribution in [0.15, 0.2) is 48.8 Å². The van der Waals surface area contributed by atoms with Gasteiger partial charge < -0.3 is 9.67 Å². The van der Waals surface area contributed by atoms with Gasteiger partial charge in [0.1, 0.15) is 0 Å². The fourth-order valence-electron chi connectivity index (χ4n) is 1.80. The van der Waals surface area contributed by atoms with Crippen molar-refractivity contribution < 1.29 is 9.90 Å². The Morgan fingerprint density at radius 3 is 2.35 bits per heavy atom. The van der Waals surface area contributed by atoms with Crippen LogP contribution in [0.3, 0.4) is 0 Å². The minimum Gasteiger partial charge on any atom is -0.481 e. The van der Waals surface area contributed by atoms with Crippen molar-refractivity contribution in [3.8, 4) is 0 Å². The van der Waals surface area contributed by atoms with E-state index in [-0.39, 0.29) is 12.5 Å². The number of aromatic nitrogens is 1. The lowest BCUT2D eigenvalue weighted by molar-refractivity contribution is -0.137. The molecule has 0 aliphatic rings. The summed E-state index contributed by atoms with van der Waals surface area (Å²) in [5.41, 5.74) is 0.938. The average molecular weight is 250 g/mol. The lowest BCUT2D eigenvalue weighted by Gasteiger charge is -2.17. The highest BCUT2D eigenvalue weighted by Gasteiger charge is 2.16. The van der Waals surface area contributed by atoms with Crippen LogP contribution in [0.5, 0.6) is 0 Å². The molecule has 1 N–H and O–H groups in total. The third-order valence-corrected chi connectivity index (χ3v) is 2.86. The Labute approximate surface area is 104 Å². The largest absolute Gasteiger partial charge is 0.481 e. The first kappa shape index (κ1) is 11.7. The van der Waals surface area contributed by atoms with Gasteiger partial charge >= 0.3 is 5.97 Å². The van der Waals surface area contributed by atoms with Crippen molar-refractivity contribution in [2.75, 3.05) is 0 Å². The maximum atomic E-state index is 10.9. The minimum atomic E-state index is -0.821. The van der Waals surface area contributed by atoms with Gasteiger partial charge in [-0.15, -0.1) is 0 Å². The third-order valence-electron chi connectivity index (χ3n) is 2.61. The first-order chi connectivity index (χ1) is 8.16. The van der Waals surface area contributed by atoms with E-state index in [1.165, 1.54) is 0 Å². The molecule has 0 saturated heterocycles. The van der Waals surface area contributed by atoms with Gasteiger partial charge in [-0.2, -0.15) is 0 Å². The zero-order chi connectivity index (χ0) is 12.3. The summed E-state index contributed by atoms with van der Waals surface area (Å²) >= 11 is 5.82. The van der Waals surface area contributed by atoms with Crippen molar-refractivity contribution >= 4 is 17.6 Å². The summed E-state index contributed by atoms with van der Waals surface area (Å²) in [6, 6.07) is 10.8. The number of aliphatic carboxylic acids is 1.